The Balaban J connectivity index is 1.66. The molecule has 2 atom stereocenters. The van der Waals surface area contributed by atoms with E-state index in [1.54, 1.807) is 11.8 Å². The Morgan fingerprint density at radius 3 is 2.92 bits per heavy atom. The molecule has 0 aliphatic carbocycles. The molecule has 2 aromatic rings. The maximum Gasteiger partial charge on any atom is 0.334 e. The number of hydrogen-bond acceptors (Lipinski definition) is 3. The summed E-state index contributed by atoms with van der Waals surface area (Å²) in [6.45, 7) is 4.40. The number of hydrogen-bond donors (Lipinski definition) is 2. The van der Waals surface area contributed by atoms with Crippen molar-refractivity contribution >= 4 is 22.8 Å². The maximum atomic E-state index is 12.5. The van der Waals surface area contributed by atoms with E-state index in [1.807, 2.05) is 12.3 Å². The molecule has 0 radical (unpaired) electrons. The van der Waals surface area contributed by atoms with Crippen LogP contribution in [0.5, 0.6) is 0 Å². The van der Waals surface area contributed by atoms with Gasteiger partial charge in [0.25, 0.3) is 0 Å². The van der Waals surface area contributed by atoms with Crippen molar-refractivity contribution < 1.29 is 19.4 Å². The first-order valence-electron chi connectivity index (χ1n) is 8.17. The number of benzene rings is 1. The molecule has 3 rings (SSSR count). The minimum atomic E-state index is -1.02. The van der Waals surface area contributed by atoms with Crippen LogP contribution in [0.2, 0.25) is 0 Å². The predicted molar refractivity (Wildman–Crippen MR) is 89.9 cm³/mol. The summed E-state index contributed by atoms with van der Waals surface area (Å²) in [5.41, 5.74) is 3.39. The number of nitrogens with zero attached hydrogens (tertiary/aromatic N) is 1. The Hall–Kier alpha value is -2.34. The molecule has 1 aromatic carbocycles. The van der Waals surface area contributed by atoms with Crippen molar-refractivity contribution in [2.75, 3.05) is 13.1 Å². The second-order valence-corrected chi connectivity index (χ2v) is 6.38. The largest absolute Gasteiger partial charge is 0.479 e. The number of carbonyl (C=O) groups excluding carboxylic acids is 1. The van der Waals surface area contributed by atoms with Crippen molar-refractivity contribution in [3.8, 4) is 0 Å². The molecule has 6 heteroatoms. The molecular formula is C18H22N2O4. The first kappa shape index (κ1) is 16.5. The molecule has 0 bridgehead atoms. The first-order chi connectivity index (χ1) is 11.5. The number of aryl methyl sites for hydroxylation is 2. The van der Waals surface area contributed by atoms with E-state index in [0.717, 1.165) is 16.5 Å². The summed E-state index contributed by atoms with van der Waals surface area (Å²) in [5.74, 6) is -1.05. The number of nitrogens with one attached hydrogen (secondary N) is 1. The van der Waals surface area contributed by atoms with Gasteiger partial charge in [0, 0.05) is 30.1 Å². The van der Waals surface area contributed by atoms with Crippen LogP contribution in [-0.2, 0) is 20.7 Å². The summed E-state index contributed by atoms with van der Waals surface area (Å²) < 4.78 is 5.35. The molecule has 0 saturated carbocycles. The third-order valence-electron chi connectivity index (χ3n) is 4.51. The van der Waals surface area contributed by atoms with E-state index in [-0.39, 0.29) is 18.6 Å². The number of H-pyrrole nitrogens is 1. The SMILES string of the molecule is Cc1cccc2c(CCC(=O)N3CC(C(=O)O)O[C@H](C)C3)c[nH]c12. The molecule has 1 saturated heterocycles. The minimum Gasteiger partial charge on any atom is -0.479 e. The lowest BCUT2D eigenvalue weighted by Gasteiger charge is -2.35. The van der Waals surface area contributed by atoms with Crippen molar-refractivity contribution in [3.05, 3.63) is 35.5 Å². The van der Waals surface area contributed by atoms with Gasteiger partial charge in [-0.15, -0.1) is 0 Å². The monoisotopic (exact) mass is 330 g/mol. The van der Waals surface area contributed by atoms with Crippen molar-refractivity contribution in [1.82, 2.24) is 9.88 Å². The van der Waals surface area contributed by atoms with Gasteiger partial charge >= 0.3 is 5.97 Å². The fourth-order valence-electron chi connectivity index (χ4n) is 3.26. The van der Waals surface area contributed by atoms with Gasteiger partial charge in [0.05, 0.1) is 12.6 Å². The van der Waals surface area contributed by atoms with Crippen LogP contribution in [0.3, 0.4) is 0 Å². The van der Waals surface area contributed by atoms with Gasteiger partial charge < -0.3 is 19.7 Å². The topological polar surface area (TPSA) is 82.6 Å². The second-order valence-electron chi connectivity index (χ2n) is 6.38. The molecule has 2 N–H and O–H groups in total. The quantitative estimate of drug-likeness (QED) is 0.899. The van der Waals surface area contributed by atoms with E-state index < -0.39 is 12.1 Å². The first-order valence-corrected chi connectivity index (χ1v) is 8.17. The van der Waals surface area contributed by atoms with Crippen molar-refractivity contribution in [1.29, 1.82) is 0 Å². The number of fused-ring (bicyclic) bond motifs is 1. The molecule has 1 unspecified atom stereocenters. The zero-order chi connectivity index (χ0) is 17.3. The molecular weight excluding hydrogens is 308 g/mol. The highest BCUT2D eigenvalue weighted by Crippen LogP contribution is 2.23. The number of carboxylic acid groups (broad SMARTS) is 1. The van der Waals surface area contributed by atoms with E-state index >= 15 is 0 Å². The van der Waals surface area contributed by atoms with Crippen LogP contribution < -0.4 is 0 Å². The summed E-state index contributed by atoms with van der Waals surface area (Å²) in [5, 5.41) is 10.3. The molecule has 24 heavy (non-hydrogen) atoms. The van der Waals surface area contributed by atoms with E-state index in [2.05, 4.69) is 24.0 Å². The van der Waals surface area contributed by atoms with Crippen molar-refractivity contribution in [2.24, 2.45) is 0 Å². The number of carboxylic acids is 1. The van der Waals surface area contributed by atoms with Crippen LogP contribution in [0.1, 0.15) is 24.5 Å². The van der Waals surface area contributed by atoms with E-state index in [9.17, 15) is 9.59 Å². The van der Waals surface area contributed by atoms with Crippen molar-refractivity contribution in [2.45, 2.75) is 38.9 Å². The molecule has 1 aliphatic heterocycles. The highest BCUT2D eigenvalue weighted by Gasteiger charge is 2.32. The molecule has 1 fully saturated rings. The van der Waals surface area contributed by atoms with Crippen LogP contribution in [0, 0.1) is 6.92 Å². The highest BCUT2D eigenvalue weighted by molar-refractivity contribution is 5.86. The van der Waals surface area contributed by atoms with Gasteiger partial charge in [0.15, 0.2) is 6.10 Å². The Bertz CT molecular complexity index is 767. The summed E-state index contributed by atoms with van der Waals surface area (Å²) in [4.78, 5) is 28.5. The zero-order valence-corrected chi connectivity index (χ0v) is 13.9. The standard InChI is InChI=1S/C18H22N2O4/c1-11-4-3-5-14-13(8-19-17(11)14)6-7-16(21)20-9-12(2)24-15(10-20)18(22)23/h3-5,8,12,15,19H,6-7,9-10H2,1-2H3,(H,22,23)/t12-,15?/m1/s1. The van der Waals surface area contributed by atoms with E-state index in [1.165, 1.54) is 5.56 Å². The lowest BCUT2D eigenvalue weighted by Crippen LogP contribution is -2.51. The zero-order valence-electron chi connectivity index (χ0n) is 13.9. The fourth-order valence-corrected chi connectivity index (χ4v) is 3.26. The summed E-state index contributed by atoms with van der Waals surface area (Å²) >= 11 is 0. The van der Waals surface area contributed by atoms with Crippen LogP contribution in [0.25, 0.3) is 10.9 Å². The summed E-state index contributed by atoms with van der Waals surface area (Å²) in [6.07, 6.45) is 1.74. The molecule has 128 valence electrons. The van der Waals surface area contributed by atoms with Crippen LogP contribution in [0.4, 0.5) is 0 Å². The lowest BCUT2D eigenvalue weighted by molar-refractivity contribution is -0.166. The minimum absolute atomic E-state index is 0.0293. The third-order valence-corrected chi connectivity index (χ3v) is 4.51. The molecule has 6 nitrogen and oxygen atoms in total. The van der Waals surface area contributed by atoms with E-state index in [4.69, 9.17) is 9.84 Å². The number of para-hydroxylation sites is 1. The summed E-state index contributed by atoms with van der Waals surface area (Å²) in [7, 11) is 0. The molecule has 1 aliphatic rings. The predicted octanol–water partition coefficient (Wildman–Crippen LogP) is 2.11. The fraction of sp³-hybridized carbons (Fsp3) is 0.444. The Kier molecular flexibility index (Phi) is 4.57. The number of amides is 1. The van der Waals surface area contributed by atoms with Crippen LogP contribution >= 0.6 is 0 Å². The Morgan fingerprint density at radius 2 is 2.17 bits per heavy atom. The van der Waals surface area contributed by atoms with Gasteiger partial charge in [-0.2, -0.15) is 0 Å². The Labute approximate surface area is 140 Å². The van der Waals surface area contributed by atoms with E-state index in [0.29, 0.717) is 19.4 Å². The average Bonchev–Trinajstić information content (AvgIpc) is 2.96. The molecule has 2 heterocycles. The smallest absolute Gasteiger partial charge is 0.334 e. The molecule has 0 spiro atoms. The van der Waals surface area contributed by atoms with Crippen LogP contribution in [-0.4, -0.2) is 52.2 Å². The second kappa shape index (κ2) is 6.65. The van der Waals surface area contributed by atoms with Gasteiger partial charge in [0.2, 0.25) is 5.91 Å². The maximum absolute atomic E-state index is 12.5. The number of morpholine rings is 1. The lowest BCUT2D eigenvalue weighted by atomic mass is 10.1. The van der Waals surface area contributed by atoms with Gasteiger partial charge in [0.1, 0.15) is 0 Å². The number of aromatic nitrogens is 1. The third kappa shape index (κ3) is 3.28. The molecule has 1 aromatic heterocycles. The molecule has 1 amide bonds. The van der Waals surface area contributed by atoms with Gasteiger partial charge in [-0.1, -0.05) is 18.2 Å². The average molecular weight is 330 g/mol. The van der Waals surface area contributed by atoms with Gasteiger partial charge in [-0.05, 0) is 31.4 Å². The van der Waals surface area contributed by atoms with Crippen LogP contribution in [0.15, 0.2) is 24.4 Å². The number of carbonyl (C=O) groups is 2. The van der Waals surface area contributed by atoms with Gasteiger partial charge in [-0.3, -0.25) is 4.79 Å². The summed E-state index contributed by atoms with van der Waals surface area (Å²) in [6, 6.07) is 6.11. The Morgan fingerprint density at radius 1 is 1.38 bits per heavy atom. The highest BCUT2D eigenvalue weighted by atomic mass is 16.5. The van der Waals surface area contributed by atoms with Gasteiger partial charge in [-0.25, -0.2) is 4.79 Å². The van der Waals surface area contributed by atoms with Crippen molar-refractivity contribution in [3.63, 3.8) is 0 Å². The number of aromatic amines is 1. The number of aliphatic carboxylic acids is 1. The normalized spacial score (nSPS) is 21.2. The number of rotatable bonds is 4. The number of ether oxygens (including phenoxy) is 1.